The van der Waals surface area contributed by atoms with Crippen molar-refractivity contribution >= 4 is 16.9 Å². The van der Waals surface area contributed by atoms with Crippen LogP contribution in [-0.4, -0.2) is 25.9 Å². The lowest BCUT2D eigenvalue weighted by Gasteiger charge is -2.10. The molecule has 1 heterocycles. The fourth-order valence-corrected chi connectivity index (χ4v) is 3.05. The lowest BCUT2D eigenvalue weighted by Crippen LogP contribution is -2.07. The fourth-order valence-electron chi connectivity index (χ4n) is 3.05. The Bertz CT molecular complexity index is 895. The standard InChI is InChI=1S/C18H17NO4/c1-2-13-17(18(22)23)16-14(7-4-8-15(16)21)19(13)10-11-5-3-6-12(20)9-11/h3-9,20-21H,2,10H2,1H3,(H,22,23). The molecule has 118 valence electrons. The highest BCUT2D eigenvalue weighted by atomic mass is 16.4. The molecule has 3 N–H and O–H groups in total. The van der Waals surface area contributed by atoms with E-state index in [4.69, 9.17) is 0 Å². The molecule has 0 spiro atoms. The Kier molecular flexibility index (Phi) is 3.70. The Balaban J connectivity index is 2.27. The van der Waals surface area contributed by atoms with Crippen LogP contribution in [0.3, 0.4) is 0 Å². The third-order valence-corrected chi connectivity index (χ3v) is 3.98. The molecule has 5 nitrogen and oxygen atoms in total. The average molecular weight is 311 g/mol. The van der Waals surface area contributed by atoms with Gasteiger partial charge in [0.15, 0.2) is 0 Å². The molecule has 1 aromatic heterocycles. The van der Waals surface area contributed by atoms with E-state index < -0.39 is 5.97 Å². The molecule has 0 aliphatic heterocycles. The second kappa shape index (κ2) is 5.68. The fraction of sp³-hybridized carbons (Fsp3) is 0.167. The first-order valence-electron chi connectivity index (χ1n) is 7.37. The van der Waals surface area contributed by atoms with Gasteiger partial charge >= 0.3 is 5.97 Å². The number of aromatic hydroxyl groups is 2. The lowest BCUT2D eigenvalue weighted by molar-refractivity contribution is 0.0697. The van der Waals surface area contributed by atoms with Crippen LogP contribution in [-0.2, 0) is 13.0 Å². The van der Waals surface area contributed by atoms with Crippen LogP contribution in [0.5, 0.6) is 11.5 Å². The molecule has 0 aliphatic rings. The van der Waals surface area contributed by atoms with E-state index in [1.165, 1.54) is 6.07 Å². The Morgan fingerprint density at radius 2 is 1.87 bits per heavy atom. The number of aromatic nitrogens is 1. The van der Waals surface area contributed by atoms with Crippen molar-refractivity contribution in [3.05, 3.63) is 59.3 Å². The molecule has 0 unspecified atom stereocenters. The van der Waals surface area contributed by atoms with E-state index in [9.17, 15) is 20.1 Å². The second-order valence-corrected chi connectivity index (χ2v) is 5.41. The van der Waals surface area contributed by atoms with Crippen LogP contribution in [0.1, 0.15) is 28.5 Å². The summed E-state index contributed by atoms with van der Waals surface area (Å²) in [7, 11) is 0. The van der Waals surface area contributed by atoms with Gasteiger partial charge in [-0.15, -0.1) is 0 Å². The molecule has 5 heteroatoms. The number of benzene rings is 2. The third kappa shape index (κ3) is 2.50. The summed E-state index contributed by atoms with van der Waals surface area (Å²) in [5.41, 5.74) is 2.32. The molecule has 0 atom stereocenters. The topological polar surface area (TPSA) is 82.7 Å². The first-order valence-corrected chi connectivity index (χ1v) is 7.37. The van der Waals surface area contributed by atoms with Crippen molar-refractivity contribution in [3.8, 4) is 11.5 Å². The minimum Gasteiger partial charge on any atom is -0.508 e. The Labute approximate surface area is 133 Å². The van der Waals surface area contributed by atoms with Crippen molar-refractivity contribution in [3.63, 3.8) is 0 Å². The van der Waals surface area contributed by atoms with Crippen LogP contribution >= 0.6 is 0 Å². The van der Waals surface area contributed by atoms with E-state index in [2.05, 4.69) is 0 Å². The lowest BCUT2D eigenvalue weighted by atomic mass is 10.1. The third-order valence-electron chi connectivity index (χ3n) is 3.98. The molecule has 0 aliphatic carbocycles. The minimum atomic E-state index is -1.05. The zero-order valence-corrected chi connectivity index (χ0v) is 12.7. The quantitative estimate of drug-likeness (QED) is 0.690. The predicted octanol–water partition coefficient (Wildman–Crippen LogP) is 3.36. The summed E-state index contributed by atoms with van der Waals surface area (Å²) in [5, 5.41) is 29.7. The van der Waals surface area contributed by atoms with Gasteiger partial charge in [-0.2, -0.15) is 0 Å². The molecule has 2 aromatic carbocycles. The van der Waals surface area contributed by atoms with Crippen molar-refractivity contribution in [1.29, 1.82) is 0 Å². The average Bonchev–Trinajstić information content (AvgIpc) is 2.83. The van der Waals surface area contributed by atoms with Crippen LogP contribution in [0.25, 0.3) is 10.9 Å². The van der Waals surface area contributed by atoms with Crippen LogP contribution in [0.4, 0.5) is 0 Å². The predicted molar refractivity (Wildman–Crippen MR) is 87.1 cm³/mol. The number of hydrogen-bond donors (Lipinski definition) is 3. The van der Waals surface area contributed by atoms with Crippen molar-refractivity contribution in [2.45, 2.75) is 19.9 Å². The van der Waals surface area contributed by atoms with E-state index in [1.807, 2.05) is 17.6 Å². The van der Waals surface area contributed by atoms with Gasteiger partial charge in [-0.3, -0.25) is 0 Å². The van der Waals surface area contributed by atoms with Crippen LogP contribution in [0, 0.1) is 0 Å². The summed E-state index contributed by atoms with van der Waals surface area (Å²) in [5.74, 6) is -0.925. The molecule has 0 radical (unpaired) electrons. The molecule has 23 heavy (non-hydrogen) atoms. The zero-order chi connectivity index (χ0) is 16.6. The zero-order valence-electron chi connectivity index (χ0n) is 12.7. The maximum absolute atomic E-state index is 11.7. The van der Waals surface area contributed by atoms with Crippen molar-refractivity contribution in [2.24, 2.45) is 0 Å². The van der Waals surface area contributed by atoms with Crippen molar-refractivity contribution in [1.82, 2.24) is 4.57 Å². The SMILES string of the molecule is CCc1c(C(=O)O)c2c(O)cccc2n1Cc1cccc(O)c1. The van der Waals surface area contributed by atoms with E-state index in [1.54, 1.807) is 30.3 Å². The number of hydrogen-bond acceptors (Lipinski definition) is 3. The number of phenols is 2. The molecule has 0 saturated heterocycles. The summed E-state index contributed by atoms with van der Waals surface area (Å²) in [6.07, 6.45) is 0.522. The molecule has 3 rings (SSSR count). The van der Waals surface area contributed by atoms with Crippen molar-refractivity contribution in [2.75, 3.05) is 0 Å². The highest BCUT2D eigenvalue weighted by Crippen LogP contribution is 2.34. The molecule has 0 saturated carbocycles. The molecule has 0 amide bonds. The molecule has 0 bridgehead atoms. The van der Waals surface area contributed by atoms with E-state index in [0.29, 0.717) is 29.6 Å². The molecular weight excluding hydrogens is 294 g/mol. The minimum absolute atomic E-state index is 0.0377. The number of rotatable bonds is 4. The first-order chi connectivity index (χ1) is 11.0. The van der Waals surface area contributed by atoms with E-state index >= 15 is 0 Å². The Morgan fingerprint density at radius 1 is 1.13 bits per heavy atom. The summed E-state index contributed by atoms with van der Waals surface area (Å²) >= 11 is 0. The highest BCUT2D eigenvalue weighted by molar-refractivity contribution is 6.07. The summed E-state index contributed by atoms with van der Waals surface area (Å²) in [6, 6.07) is 11.8. The van der Waals surface area contributed by atoms with E-state index in [0.717, 1.165) is 5.56 Å². The Hall–Kier alpha value is -2.95. The second-order valence-electron chi connectivity index (χ2n) is 5.41. The number of carboxylic acid groups (broad SMARTS) is 1. The smallest absolute Gasteiger partial charge is 0.338 e. The largest absolute Gasteiger partial charge is 0.508 e. The summed E-state index contributed by atoms with van der Waals surface area (Å²) < 4.78 is 1.88. The summed E-state index contributed by atoms with van der Waals surface area (Å²) in [4.78, 5) is 11.7. The van der Waals surface area contributed by atoms with Gasteiger partial charge in [0.1, 0.15) is 11.5 Å². The number of aromatic carboxylic acids is 1. The van der Waals surface area contributed by atoms with Gasteiger partial charge in [-0.05, 0) is 36.2 Å². The molecular formula is C18H17NO4. The highest BCUT2D eigenvalue weighted by Gasteiger charge is 2.23. The number of phenolic OH excluding ortho intramolecular Hbond substituents is 2. The molecule has 0 fully saturated rings. The van der Waals surface area contributed by atoms with E-state index in [-0.39, 0.29) is 17.1 Å². The number of carbonyl (C=O) groups is 1. The van der Waals surface area contributed by atoms with Gasteiger partial charge in [0.05, 0.1) is 16.5 Å². The number of fused-ring (bicyclic) bond motifs is 1. The van der Waals surface area contributed by atoms with Crippen LogP contribution in [0.15, 0.2) is 42.5 Å². The van der Waals surface area contributed by atoms with Crippen LogP contribution < -0.4 is 0 Å². The normalized spacial score (nSPS) is 11.0. The van der Waals surface area contributed by atoms with Gasteiger partial charge < -0.3 is 19.9 Å². The number of carboxylic acids is 1. The van der Waals surface area contributed by atoms with Gasteiger partial charge in [0, 0.05) is 12.2 Å². The van der Waals surface area contributed by atoms with Gasteiger partial charge in [0.25, 0.3) is 0 Å². The molecule has 3 aromatic rings. The summed E-state index contributed by atoms with van der Waals surface area (Å²) in [6.45, 7) is 2.31. The van der Waals surface area contributed by atoms with Gasteiger partial charge in [0.2, 0.25) is 0 Å². The Morgan fingerprint density at radius 3 is 2.52 bits per heavy atom. The maximum Gasteiger partial charge on any atom is 0.338 e. The first kappa shape index (κ1) is 15.0. The van der Waals surface area contributed by atoms with Crippen LogP contribution in [0.2, 0.25) is 0 Å². The van der Waals surface area contributed by atoms with Gasteiger partial charge in [-0.25, -0.2) is 4.79 Å². The monoisotopic (exact) mass is 311 g/mol. The van der Waals surface area contributed by atoms with Crippen molar-refractivity contribution < 1.29 is 20.1 Å². The van der Waals surface area contributed by atoms with Gasteiger partial charge in [-0.1, -0.05) is 25.1 Å². The maximum atomic E-state index is 11.7. The number of nitrogens with zero attached hydrogens (tertiary/aromatic N) is 1.